The second-order valence-corrected chi connectivity index (χ2v) is 5.30. The Bertz CT molecular complexity index is 458. The molecule has 8 heteroatoms. The summed E-state index contributed by atoms with van der Waals surface area (Å²) in [5.74, 6) is 0.102. The summed E-state index contributed by atoms with van der Waals surface area (Å²) in [6.07, 6.45) is 0.836. The van der Waals surface area contributed by atoms with Crippen molar-refractivity contribution in [3.8, 4) is 6.01 Å². The molecule has 0 unspecified atom stereocenters. The van der Waals surface area contributed by atoms with Gasteiger partial charge in [0.2, 0.25) is 17.8 Å². The Morgan fingerprint density at radius 1 is 1.30 bits per heavy atom. The first kappa shape index (κ1) is 15.9. The average molecular weight is 282 g/mol. The number of ether oxygens (including phenoxy) is 1. The van der Waals surface area contributed by atoms with Gasteiger partial charge < -0.3 is 21.1 Å². The van der Waals surface area contributed by atoms with E-state index in [-0.39, 0.29) is 35.9 Å². The molecule has 1 heterocycles. The van der Waals surface area contributed by atoms with Gasteiger partial charge in [0.25, 0.3) is 0 Å². The third-order valence-corrected chi connectivity index (χ3v) is 1.99. The molecule has 1 rings (SSSR count). The van der Waals surface area contributed by atoms with Crippen LogP contribution in [-0.2, 0) is 4.79 Å². The molecule has 0 aromatic carbocycles. The quantitative estimate of drug-likeness (QED) is 0.698. The largest absolute Gasteiger partial charge is 0.463 e. The molecule has 0 saturated heterocycles. The van der Waals surface area contributed by atoms with Gasteiger partial charge in [0.05, 0.1) is 13.2 Å². The lowest BCUT2D eigenvalue weighted by atomic mass is 10.1. The van der Waals surface area contributed by atoms with Crippen molar-refractivity contribution in [2.45, 2.75) is 39.7 Å². The maximum Gasteiger partial charge on any atom is 0.323 e. The summed E-state index contributed by atoms with van der Waals surface area (Å²) in [7, 11) is 0. The van der Waals surface area contributed by atoms with E-state index < -0.39 is 0 Å². The number of nitrogens with zero attached hydrogens (tertiary/aromatic N) is 3. The second kappa shape index (κ2) is 6.88. The van der Waals surface area contributed by atoms with Crippen molar-refractivity contribution in [1.29, 1.82) is 0 Å². The van der Waals surface area contributed by atoms with Crippen LogP contribution in [0.15, 0.2) is 0 Å². The summed E-state index contributed by atoms with van der Waals surface area (Å²) in [6.45, 7) is 8.23. The van der Waals surface area contributed by atoms with E-state index in [0.29, 0.717) is 6.61 Å². The first-order valence-electron chi connectivity index (χ1n) is 6.49. The van der Waals surface area contributed by atoms with Crippen LogP contribution in [0.1, 0.15) is 34.1 Å². The number of carbonyl (C=O) groups is 1. The molecule has 0 fully saturated rings. The lowest BCUT2D eigenvalue weighted by Crippen LogP contribution is -2.43. The van der Waals surface area contributed by atoms with Crippen LogP contribution >= 0.6 is 0 Å². The molecule has 1 amide bonds. The molecule has 0 radical (unpaired) electrons. The third-order valence-electron chi connectivity index (χ3n) is 1.99. The summed E-state index contributed by atoms with van der Waals surface area (Å²) in [4.78, 5) is 23.4. The summed E-state index contributed by atoms with van der Waals surface area (Å²) in [5.41, 5.74) is 5.27. The van der Waals surface area contributed by atoms with Crippen molar-refractivity contribution < 1.29 is 9.53 Å². The van der Waals surface area contributed by atoms with E-state index in [1.807, 2.05) is 27.7 Å². The lowest BCUT2D eigenvalue weighted by molar-refractivity contribution is -0.120. The molecule has 0 aliphatic heterocycles. The number of nitrogens with two attached hydrogens (primary N) is 1. The maximum absolute atomic E-state index is 11.7. The molecular formula is C12H22N6O2. The van der Waals surface area contributed by atoms with Gasteiger partial charge in [-0.2, -0.15) is 15.0 Å². The molecule has 0 spiro atoms. The number of nitrogens with one attached hydrogen (secondary N) is 2. The van der Waals surface area contributed by atoms with Gasteiger partial charge in [0.15, 0.2) is 0 Å². The fourth-order valence-corrected chi connectivity index (χ4v) is 1.33. The van der Waals surface area contributed by atoms with Crippen molar-refractivity contribution in [1.82, 2.24) is 20.3 Å². The van der Waals surface area contributed by atoms with Gasteiger partial charge in [0, 0.05) is 5.54 Å². The summed E-state index contributed by atoms with van der Waals surface area (Å²) in [6, 6.07) is 0.151. The highest BCUT2D eigenvalue weighted by molar-refractivity contribution is 5.80. The Hall–Kier alpha value is -2.12. The first-order chi connectivity index (χ1) is 9.30. The Morgan fingerprint density at radius 2 is 2.00 bits per heavy atom. The number of anilines is 2. The van der Waals surface area contributed by atoms with Crippen LogP contribution in [0.4, 0.5) is 11.9 Å². The normalized spacial score (nSPS) is 11.0. The minimum Gasteiger partial charge on any atom is -0.463 e. The van der Waals surface area contributed by atoms with Crippen LogP contribution in [0.2, 0.25) is 0 Å². The number of carbonyl (C=O) groups excluding carboxylic acids is 1. The predicted octanol–water partition coefficient (Wildman–Crippen LogP) is 0.569. The first-order valence-corrected chi connectivity index (χ1v) is 6.49. The van der Waals surface area contributed by atoms with Gasteiger partial charge in [-0.25, -0.2) is 0 Å². The highest BCUT2D eigenvalue weighted by Gasteiger charge is 2.14. The Kier molecular flexibility index (Phi) is 5.48. The molecule has 1 aromatic heterocycles. The highest BCUT2D eigenvalue weighted by Crippen LogP contribution is 2.09. The number of hydrogen-bond donors (Lipinski definition) is 3. The molecule has 8 nitrogen and oxygen atoms in total. The molecule has 4 N–H and O–H groups in total. The van der Waals surface area contributed by atoms with Crippen LogP contribution in [0.5, 0.6) is 6.01 Å². The fraction of sp³-hybridized carbons (Fsp3) is 0.667. The number of rotatable bonds is 6. The van der Waals surface area contributed by atoms with Gasteiger partial charge in [0.1, 0.15) is 0 Å². The third kappa shape index (κ3) is 6.17. The molecule has 0 aliphatic rings. The van der Waals surface area contributed by atoms with E-state index in [4.69, 9.17) is 10.5 Å². The van der Waals surface area contributed by atoms with E-state index in [1.54, 1.807) is 0 Å². The van der Waals surface area contributed by atoms with Gasteiger partial charge in [-0.05, 0) is 27.2 Å². The molecule has 1 aromatic rings. The number of hydrogen-bond acceptors (Lipinski definition) is 7. The molecule has 0 bridgehead atoms. The maximum atomic E-state index is 11.7. The zero-order valence-corrected chi connectivity index (χ0v) is 12.4. The van der Waals surface area contributed by atoms with E-state index in [0.717, 1.165) is 6.42 Å². The molecule has 112 valence electrons. The van der Waals surface area contributed by atoms with Crippen LogP contribution in [0.25, 0.3) is 0 Å². The zero-order valence-electron chi connectivity index (χ0n) is 12.4. The Labute approximate surface area is 118 Å². The molecule has 0 atom stereocenters. The Balaban J connectivity index is 2.59. The van der Waals surface area contributed by atoms with Crippen LogP contribution in [0.3, 0.4) is 0 Å². The smallest absolute Gasteiger partial charge is 0.323 e. The number of nitrogen functional groups attached to an aromatic ring is 1. The molecule has 20 heavy (non-hydrogen) atoms. The molecule has 0 aliphatic carbocycles. The Morgan fingerprint density at radius 3 is 2.60 bits per heavy atom. The lowest BCUT2D eigenvalue weighted by Gasteiger charge is -2.20. The van der Waals surface area contributed by atoms with Gasteiger partial charge >= 0.3 is 6.01 Å². The highest BCUT2D eigenvalue weighted by atomic mass is 16.5. The van der Waals surface area contributed by atoms with E-state index in [9.17, 15) is 4.79 Å². The van der Waals surface area contributed by atoms with Gasteiger partial charge in [-0.1, -0.05) is 6.92 Å². The van der Waals surface area contributed by atoms with E-state index in [2.05, 4.69) is 25.6 Å². The van der Waals surface area contributed by atoms with E-state index >= 15 is 0 Å². The van der Waals surface area contributed by atoms with Crippen molar-refractivity contribution >= 4 is 17.8 Å². The minimum atomic E-state index is -0.285. The standard InChI is InChI=1S/C12H22N6O2/c1-5-6-20-11-16-9(13)15-10(17-11)14-7-8(19)18-12(2,3)4/h5-7H2,1-4H3,(H,18,19)(H3,13,14,15,16,17). The summed E-state index contributed by atoms with van der Waals surface area (Å²) < 4.78 is 5.28. The van der Waals surface area contributed by atoms with Crippen molar-refractivity contribution in [2.24, 2.45) is 0 Å². The number of amides is 1. The molecular weight excluding hydrogens is 260 g/mol. The van der Waals surface area contributed by atoms with Crippen LogP contribution < -0.4 is 21.1 Å². The summed E-state index contributed by atoms with van der Waals surface area (Å²) >= 11 is 0. The monoisotopic (exact) mass is 282 g/mol. The van der Waals surface area contributed by atoms with Gasteiger partial charge in [-0.15, -0.1) is 0 Å². The van der Waals surface area contributed by atoms with E-state index in [1.165, 1.54) is 0 Å². The van der Waals surface area contributed by atoms with Crippen LogP contribution in [0, 0.1) is 0 Å². The number of aromatic nitrogens is 3. The van der Waals surface area contributed by atoms with Crippen molar-refractivity contribution in [3.05, 3.63) is 0 Å². The van der Waals surface area contributed by atoms with Crippen LogP contribution in [-0.4, -0.2) is 39.5 Å². The van der Waals surface area contributed by atoms with Crippen molar-refractivity contribution in [2.75, 3.05) is 24.2 Å². The minimum absolute atomic E-state index is 0.0461. The van der Waals surface area contributed by atoms with Crippen molar-refractivity contribution in [3.63, 3.8) is 0 Å². The molecule has 0 saturated carbocycles. The average Bonchev–Trinajstić information content (AvgIpc) is 2.31. The SMILES string of the molecule is CCCOc1nc(N)nc(NCC(=O)NC(C)(C)C)n1. The summed E-state index contributed by atoms with van der Waals surface area (Å²) in [5, 5.41) is 5.61. The second-order valence-electron chi connectivity index (χ2n) is 5.30. The van der Waals surface area contributed by atoms with Gasteiger partial charge in [-0.3, -0.25) is 4.79 Å². The topological polar surface area (TPSA) is 115 Å². The zero-order chi connectivity index (χ0) is 15.2. The fourth-order valence-electron chi connectivity index (χ4n) is 1.33. The predicted molar refractivity (Wildman–Crippen MR) is 76.4 cm³/mol.